The normalized spacial score (nSPS) is 13.7. The van der Waals surface area contributed by atoms with Crippen LogP contribution >= 0.6 is 0 Å². The fraction of sp³-hybridized carbons (Fsp3) is 0.382. The maximum atomic E-state index is 5.96. The summed E-state index contributed by atoms with van der Waals surface area (Å²) in [7, 11) is 5.52. The minimum atomic E-state index is 0.346. The van der Waals surface area contributed by atoms with E-state index in [1.807, 2.05) is 42.5 Å². The second-order valence-corrected chi connectivity index (χ2v) is 10.7. The average Bonchev–Trinajstić information content (AvgIpc) is 3.52. The van der Waals surface area contributed by atoms with E-state index in [4.69, 9.17) is 28.3 Å². The number of hydrogen-bond acceptors (Lipinski definition) is 9. The van der Waals surface area contributed by atoms with E-state index in [0.29, 0.717) is 45.5 Å². The molecule has 4 aromatic rings. The van der Waals surface area contributed by atoms with Gasteiger partial charge in [0.15, 0.2) is 0 Å². The van der Waals surface area contributed by atoms with Crippen molar-refractivity contribution in [3.8, 4) is 11.5 Å². The summed E-state index contributed by atoms with van der Waals surface area (Å²) in [6.07, 6.45) is 1.67. The first-order valence-electron chi connectivity index (χ1n) is 14.7. The van der Waals surface area contributed by atoms with E-state index in [2.05, 4.69) is 52.1 Å². The molecule has 0 aliphatic carbocycles. The van der Waals surface area contributed by atoms with Crippen LogP contribution in [0.4, 0.5) is 11.7 Å². The first-order chi connectivity index (χ1) is 21.1. The highest BCUT2D eigenvalue weighted by molar-refractivity contribution is 5.49. The molecule has 0 spiro atoms. The molecule has 5 rings (SSSR count). The van der Waals surface area contributed by atoms with E-state index in [-0.39, 0.29) is 0 Å². The van der Waals surface area contributed by atoms with Gasteiger partial charge in [-0.15, -0.1) is 0 Å². The van der Waals surface area contributed by atoms with Crippen molar-refractivity contribution in [3.05, 3.63) is 101 Å². The van der Waals surface area contributed by atoms with Gasteiger partial charge < -0.3 is 38.1 Å². The highest BCUT2D eigenvalue weighted by Gasteiger charge is 2.17. The number of piperazine rings is 1. The van der Waals surface area contributed by atoms with Crippen LogP contribution in [0.3, 0.4) is 0 Å². The summed E-state index contributed by atoms with van der Waals surface area (Å²) in [5.41, 5.74) is 5.36. The van der Waals surface area contributed by atoms with Gasteiger partial charge in [-0.1, -0.05) is 36.4 Å². The molecule has 9 nitrogen and oxygen atoms in total. The molecule has 1 aromatic heterocycles. The molecule has 0 unspecified atom stereocenters. The molecular formula is C34H42N4O5. The molecule has 0 radical (unpaired) electrons. The number of ether oxygens (including phenoxy) is 4. The molecule has 0 atom stereocenters. The Morgan fingerprint density at radius 2 is 1.37 bits per heavy atom. The van der Waals surface area contributed by atoms with E-state index in [1.165, 1.54) is 11.3 Å². The lowest BCUT2D eigenvalue weighted by atomic mass is 10.1. The molecule has 1 saturated heterocycles. The summed E-state index contributed by atoms with van der Waals surface area (Å²) in [5.74, 6) is 1.64. The van der Waals surface area contributed by atoms with Crippen molar-refractivity contribution in [2.75, 3.05) is 70.5 Å². The van der Waals surface area contributed by atoms with Gasteiger partial charge in [-0.05, 0) is 60.1 Å². The van der Waals surface area contributed by atoms with Crippen LogP contribution in [0.5, 0.6) is 11.5 Å². The van der Waals surface area contributed by atoms with Crippen molar-refractivity contribution in [2.24, 2.45) is 0 Å². The first kappa shape index (κ1) is 30.4. The Kier molecular flexibility index (Phi) is 10.9. The summed E-state index contributed by atoms with van der Waals surface area (Å²) < 4.78 is 28.3. The maximum absolute atomic E-state index is 5.96. The van der Waals surface area contributed by atoms with E-state index in [9.17, 15) is 0 Å². The van der Waals surface area contributed by atoms with Crippen molar-refractivity contribution >= 4 is 11.7 Å². The molecule has 2 heterocycles. The number of benzene rings is 3. The van der Waals surface area contributed by atoms with Gasteiger partial charge in [0, 0.05) is 45.0 Å². The number of oxazole rings is 1. The van der Waals surface area contributed by atoms with Gasteiger partial charge in [-0.3, -0.25) is 0 Å². The smallest absolute Gasteiger partial charge is 0.298 e. The van der Waals surface area contributed by atoms with Gasteiger partial charge in [-0.25, -0.2) is 0 Å². The third kappa shape index (κ3) is 8.97. The number of nitrogens with zero attached hydrogens (tertiary/aromatic N) is 4. The van der Waals surface area contributed by atoms with Gasteiger partial charge in [0.2, 0.25) is 0 Å². The van der Waals surface area contributed by atoms with Crippen molar-refractivity contribution < 1.29 is 23.4 Å². The lowest BCUT2D eigenvalue weighted by Gasteiger charge is -2.34. The highest BCUT2D eigenvalue weighted by Crippen LogP contribution is 2.24. The number of hydrogen-bond donors (Lipinski definition) is 0. The molecule has 0 N–H and O–H groups in total. The third-order valence-corrected chi connectivity index (χ3v) is 7.52. The van der Waals surface area contributed by atoms with Crippen LogP contribution in [0.1, 0.15) is 22.4 Å². The Hall–Kier alpha value is -4.05. The molecular weight excluding hydrogens is 544 g/mol. The largest absolute Gasteiger partial charge is 0.497 e. The van der Waals surface area contributed by atoms with Crippen molar-refractivity contribution in [2.45, 2.75) is 26.3 Å². The second-order valence-electron chi connectivity index (χ2n) is 10.7. The predicted molar refractivity (Wildman–Crippen MR) is 168 cm³/mol. The molecule has 9 heteroatoms. The standard InChI is InChI=1S/C34H42N4O5/c1-36-14-16-37(17-15-36)31-12-10-27(11-13-31)22-38(23-28-6-4-8-32(20-28)39-2)34-35-30(26-43-34)25-42-19-18-41-24-29-7-5-9-33(21-29)40-3/h4-13,20-21,26H,14-19,22-25H2,1-3H3. The zero-order valence-corrected chi connectivity index (χ0v) is 25.4. The molecule has 0 saturated carbocycles. The number of anilines is 2. The third-order valence-electron chi connectivity index (χ3n) is 7.52. The van der Waals surface area contributed by atoms with Crippen molar-refractivity contribution in [1.29, 1.82) is 0 Å². The Morgan fingerprint density at radius 1 is 0.744 bits per heavy atom. The maximum Gasteiger partial charge on any atom is 0.298 e. The Balaban J connectivity index is 1.17. The molecule has 1 fully saturated rings. The first-order valence-corrected chi connectivity index (χ1v) is 14.7. The molecule has 43 heavy (non-hydrogen) atoms. The monoisotopic (exact) mass is 586 g/mol. The number of methoxy groups -OCH3 is 2. The van der Waals surface area contributed by atoms with Crippen LogP contribution in [0.2, 0.25) is 0 Å². The van der Waals surface area contributed by atoms with Gasteiger partial charge in [0.05, 0.1) is 40.6 Å². The fourth-order valence-corrected chi connectivity index (χ4v) is 5.03. The van der Waals surface area contributed by atoms with Crippen molar-refractivity contribution in [3.63, 3.8) is 0 Å². The zero-order chi connectivity index (χ0) is 29.9. The van der Waals surface area contributed by atoms with E-state index in [1.54, 1.807) is 20.5 Å². The quantitative estimate of drug-likeness (QED) is 0.171. The fourth-order valence-electron chi connectivity index (χ4n) is 5.03. The molecule has 1 aliphatic heterocycles. The van der Waals surface area contributed by atoms with Crippen LogP contribution in [0.15, 0.2) is 83.5 Å². The Labute approximate surface area is 254 Å². The van der Waals surface area contributed by atoms with E-state index >= 15 is 0 Å². The summed E-state index contributed by atoms with van der Waals surface area (Å²) in [6, 6.07) is 25.3. The number of rotatable bonds is 15. The number of likely N-dealkylation sites (N-methyl/N-ethyl adjacent to an activating group) is 1. The van der Waals surface area contributed by atoms with Gasteiger partial charge in [0.1, 0.15) is 23.5 Å². The Morgan fingerprint density at radius 3 is 2.07 bits per heavy atom. The Bertz CT molecular complexity index is 1400. The van der Waals surface area contributed by atoms with Crippen LogP contribution in [-0.4, -0.2) is 70.5 Å². The SMILES string of the molecule is COc1cccc(COCCOCc2coc(N(Cc3ccc(N4CCN(C)CC4)cc3)Cc3cccc(OC)c3)n2)c1. The molecule has 3 aromatic carbocycles. The molecule has 1 aliphatic rings. The number of aromatic nitrogens is 1. The van der Waals surface area contributed by atoms with Crippen LogP contribution in [0, 0.1) is 0 Å². The molecule has 0 bridgehead atoms. The summed E-state index contributed by atoms with van der Waals surface area (Å²) in [4.78, 5) is 11.7. The van der Waals surface area contributed by atoms with Gasteiger partial charge in [-0.2, -0.15) is 4.98 Å². The minimum absolute atomic E-state index is 0.346. The van der Waals surface area contributed by atoms with Gasteiger partial charge >= 0.3 is 0 Å². The average molecular weight is 587 g/mol. The van der Waals surface area contributed by atoms with Gasteiger partial charge in [0.25, 0.3) is 6.01 Å². The van der Waals surface area contributed by atoms with Crippen LogP contribution < -0.4 is 19.3 Å². The van der Waals surface area contributed by atoms with Crippen LogP contribution in [0.25, 0.3) is 0 Å². The lowest BCUT2D eigenvalue weighted by molar-refractivity contribution is 0.0328. The summed E-state index contributed by atoms with van der Waals surface area (Å²) in [6.45, 7) is 7.33. The van der Waals surface area contributed by atoms with E-state index in [0.717, 1.165) is 54.5 Å². The lowest BCUT2D eigenvalue weighted by Crippen LogP contribution is -2.44. The zero-order valence-electron chi connectivity index (χ0n) is 25.4. The minimum Gasteiger partial charge on any atom is -0.497 e. The molecule has 228 valence electrons. The van der Waals surface area contributed by atoms with E-state index < -0.39 is 0 Å². The topological polar surface area (TPSA) is 72.7 Å². The summed E-state index contributed by atoms with van der Waals surface area (Å²) >= 11 is 0. The summed E-state index contributed by atoms with van der Waals surface area (Å²) in [5, 5.41) is 0. The highest BCUT2D eigenvalue weighted by atomic mass is 16.5. The van der Waals surface area contributed by atoms with Crippen LogP contribution in [-0.2, 0) is 35.8 Å². The second kappa shape index (κ2) is 15.4. The van der Waals surface area contributed by atoms with Crippen molar-refractivity contribution in [1.82, 2.24) is 9.88 Å². The predicted octanol–water partition coefficient (Wildman–Crippen LogP) is 5.38. The molecule has 0 amide bonds.